The average Bonchev–Trinajstić information content (AvgIpc) is 2.81. The van der Waals surface area contributed by atoms with Gasteiger partial charge in [0, 0.05) is 32.4 Å². The van der Waals surface area contributed by atoms with Crippen molar-refractivity contribution >= 4 is 11.9 Å². The van der Waals surface area contributed by atoms with Crippen LogP contribution in [0.5, 0.6) is 0 Å². The third kappa shape index (κ3) is 3.36. The summed E-state index contributed by atoms with van der Waals surface area (Å²) in [5, 5.41) is 11.7. The number of imidazole rings is 1. The lowest BCUT2D eigenvalue weighted by molar-refractivity contribution is -0.143. The van der Waals surface area contributed by atoms with E-state index in [0.717, 1.165) is 18.7 Å². The number of nitrogens with one attached hydrogen (secondary N) is 1. The van der Waals surface area contributed by atoms with Crippen LogP contribution in [0.4, 0.5) is 0 Å². The molecule has 1 aliphatic heterocycles. The Labute approximate surface area is 117 Å². The molecule has 7 nitrogen and oxygen atoms in total. The first kappa shape index (κ1) is 14.5. The monoisotopic (exact) mass is 280 g/mol. The lowest BCUT2D eigenvalue weighted by Crippen LogP contribution is -2.55. The second-order valence-electron chi connectivity index (χ2n) is 4.95. The molecule has 1 fully saturated rings. The Morgan fingerprint density at radius 1 is 1.60 bits per heavy atom. The van der Waals surface area contributed by atoms with E-state index < -0.39 is 12.0 Å². The number of carbonyl (C=O) groups excluding carboxylic acids is 1. The van der Waals surface area contributed by atoms with Crippen molar-refractivity contribution < 1.29 is 14.7 Å². The maximum Gasteiger partial charge on any atom is 0.305 e. The Balaban J connectivity index is 2.10. The van der Waals surface area contributed by atoms with Crippen molar-refractivity contribution in [2.45, 2.75) is 38.9 Å². The van der Waals surface area contributed by atoms with E-state index in [1.54, 1.807) is 12.5 Å². The zero-order chi connectivity index (χ0) is 14.5. The molecule has 0 aromatic carbocycles. The van der Waals surface area contributed by atoms with Crippen molar-refractivity contribution in [3.05, 3.63) is 18.2 Å². The van der Waals surface area contributed by atoms with Gasteiger partial charge >= 0.3 is 5.97 Å². The molecule has 0 radical (unpaired) electrons. The molecule has 1 aromatic heterocycles. The Kier molecular flexibility index (Phi) is 4.73. The van der Waals surface area contributed by atoms with Gasteiger partial charge in [0.25, 0.3) is 0 Å². The van der Waals surface area contributed by atoms with Crippen LogP contribution in [0.15, 0.2) is 12.5 Å². The van der Waals surface area contributed by atoms with Crippen LogP contribution < -0.4 is 5.32 Å². The maximum atomic E-state index is 11.8. The van der Waals surface area contributed by atoms with Crippen molar-refractivity contribution in [2.75, 3.05) is 13.1 Å². The molecule has 1 atom stereocenters. The van der Waals surface area contributed by atoms with Gasteiger partial charge in [-0.15, -0.1) is 0 Å². The molecule has 110 valence electrons. The summed E-state index contributed by atoms with van der Waals surface area (Å²) in [6.07, 6.45) is 4.38. The summed E-state index contributed by atoms with van der Waals surface area (Å²) in [4.78, 5) is 28.8. The van der Waals surface area contributed by atoms with E-state index in [2.05, 4.69) is 17.2 Å². The van der Waals surface area contributed by atoms with Crippen LogP contribution in [-0.2, 0) is 22.7 Å². The number of piperazine rings is 1. The molecule has 1 aromatic rings. The minimum absolute atomic E-state index is 0.173. The number of rotatable bonds is 6. The van der Waals surface area contributed by atoms with E-state index in [1.165, 1.54) is 0 Å². The summed E-state index contributed by atoms with van der Waals surface area (Å²) in [5.41, 5.74) is 1.01. The molecule has 1 saturated heterocycles. The smallest absolute Gasteiger partial charge is 0.305 e. The highest BCUT2D eigenvalue weighted by Gasteiger charge is 2.31. The lowest BCUT2D eigenvalue weighted by atomic mass is 10.1. The predicted molar refractivity (Wildman–Crippen MR) is 72.0 cm³/mol. The summed E-state index contributed by atoms with van der Waals surface area (Å²) in [6, 6.07) is -0.605. The van der Waals surface area contributed by atoms with E-state index in [-0.39, 0.29) is 12.3 Å². The minimum atomic E-state index is -0.959. The summed E-state index contributed by atoms with van der Waals surface area (Å²) >= 11 is 0. The van der Waals surface area contributed by atoms with Crippen molar-refractivity contribution in [1.82, 2.24) is 19.8 Å². The number of aryl methyl sites for hydroxylation is 1. The van der Waals surface area contributed by atoms with Crippen LogP contribution in [0.2, 0.25) is 0 Å². The fourth-order valence-electron chi connectivity index (χ4n) is 2.47. The molecule has 1 unspecified atom stereocenters. The molecular formula is C13H20N4O3. The highest BCUT2D eigenvalue weighted by atomic mass is 16.4. The third-order valence-electron chi connectivity index (χ3n) is 3.44. The zero-order valence-electron chi connectivity index (χ0n) is 11.6. The average molecular weight is 280 g/mol. The SMILES string of the molecule is CCCn1cncc1CN1CCNC(=O)C1CC(=O)O. The van der Waals surface area contributed by atoms with Gasteiger partial charge in [-0.2, -0.15) is 0 Å². The second kappa shape index (κ2) is 6.51. The van der Waals surface area contributed by atoms with Gasteiger partial charge in [-0.05, 0) is 6.42 Å². The molecule has 2 heterocycles. The molecule has 0 bridgehead atoms. The van der Waals surface area contributed by atoms with E-state index in [0.29, 0.717) is 19.6 Å². The first-order valence-electron chi connectivity index (χ1n) is 6.84. The fourth-order valence-corrected chi connectivity index (χ4v) is 2.47. The van der Waals surface area contributed by atoms with Crippen LogP contribution in [0, 0.1) is 0 Å². The maximum absolute atomic E-state index is 11.8. The molecule has 1 aliphatic rings. The molecular weight excluding hydrogens is 260 g/mol. The van der Waals surface area contributed by atoms with Crippen LogP contribution >= 0.6 is 0 Å². The van der Waals surface area contributed by atoms with Crippen molar-refractivity contribution in [3.8, 4) is 0 Å². The van der Waals surface area contributed by atoms with E-state index in [9.17, 15) is 9.59 Å². The van der Waals surface area contributed by atoms with Gasteiger partial charge in [0.15, 0.2) is 0 Å². The molecule has 0 saturated carbocycles. The summed E-state index contributed by atoms with van der Waals surface area (Å²) in [7, 11) is 0. The van der Waals surface area contributed by atoms with Gasteiger partial charge in [0.2, 0.25) is 5.91 Å². The molecule has 1 amide bonds. The third-order valence-corrected chi connectivity index (χ3v) is 3.44. The van der Waals surface area contributed by atoms with Gasteiger partial charge < -0.3 is 15.0 Å². The Morgan fingerprint density at radius 3 is 3.10 bits per heavy atom. The quantitative estimate of drug-likeness (QED) is 0.770. The van der Waals surface area contributed by atoms with Gasteiger partial charge in [-0.25, -0.2) is 4.98 Å². The van der Waals surface area contributed by atoms with Gasteiger partial charge in [0.05, 0.1) is 18.4 Å². The first-order valence-corrected chi connectivity index (χ1v) is 6.84. The van der Waals surface area contributed by atoms with Gasteiger partial charge in [0.1, 0.15) is 6.04 Å². The summed E-state index contributed by atoms with van der Waals surface area (Å²) in [6.45, 7) is 4.72. The normalized spacial score (nSPS) is 19.9. The number of carbonyl (C=O) groups is 2. The van der Waals surface area contributed by atoms with Crippen LogP contribution in [0.3, 0.4) is 0 Å². The predicted octanol–water partition coefficient (Wildman–Crippen LogP) is 0.0682. The number of hydrogen-bond acceptors (Lipinski definition) is 4. The first-order chi connectivity index (χ1) is 9.61. The molecule has 2 rings (SSSR count). The summed E-state index contributed by atoms with van der Waals surface area (Å²) in [5.74, 6) is -1.17. The molecule has 2 N–H and O–H groups in total. The minimum Gasteiger partial charge on any atom is -0.481 e. The molecule has 0 aliphatic carbocycles. The highest BCUT2D eigenvalue weighted by molar-refractivity contribution is 5.86. The number of aromatic nitrogens is 2. The number of carboxylic acid groups (broad SMARTS) is 1. The van der Waals surface area contributed by atoms with E-state index in [1.807, 2.05) is 9.47 Å². The molecule has 0 spiro atoms. The zero-order valence-corrected chi connectivity index (χ0v) is 11.6. The van der Waals surface area contributed by atoms with Crippen LogP contribution in [0.1, 0.15) is 25.5 Å². The lowest BCUT2D eigenvalue weighted by Gasteiger charge is -2.34. The van der Waals surface area contributed by atoms with E-state index in [4.69, 9.17) is 5.11 Å². The number of aliphatic carboxylic acids is 1. The van der Waals surface area contributed by atoms with E-state index >= 15 is 0 Å². The largest absolute Gasteiger partial charge is 0.481 e. The van der Waals surface area contributed by atoms with Gasteiger partial charge in [-0.1, -0.05) is 6.92 Å². The number of carboxylic acids is 1. The number of hydrogen-bond donors (Lipinski definition) is 2. The Bertz CT molecular complexity index is 486. The Hall–Kier alpha value is -1.89. The van der Waals surface area contributed by atoms with Crippen molar-refractivity contribution in [1.29, 1.82) is 0 Å². The van der Waals surface area contributed by atoms with Crippen LogP contribution in [0.25, 0.3) is 0 Å². The fraction of sp³-hybridized carbons (Fsp3) is 0.615. The molecule has 7 heteroatoms. The number of nitrogens with zero attached hydrogens (tertiary/aromatic N) is 3. The highest BCUT2D eigenvalue weighted by Crippen LogP contribution is 2.14. The number of amides is 1. The summed E-state index contributed by atoms with van der Waals surface area (Å²) < 4.78 is 2.05. The second-order valence-corrected chi connectivity index (χ2v) is 4.95. The van der Waals surface area contributed by atoms with Crippen LogP contribution in [-0.4, -0.2) is 50.6 Å². The topological polar surface area (TPSA) is 87.5 Å². The van der Waals surface area contributed by atoms with Crippen molar-refractivity contribution in [3.63, 3.8) is 0 Å². The van der Waals surface area contributed by atoms with Crippen molar-refractivity contribution in [2.24, 2.45) is 0 Å². The Morgan fingerprint density at radius 2 is 2.40 bits per heavy atom. The van der Waals surface area contributed by atoms with Gasteiger partial charge in [-0.3, -0.25) is 14.5 Å². The molecule has 20 heavy (non-hydrogen) atoms. The standard InChI is InChI=1S/C13H20N4O3/c1-2-4-17-9-14-7-10(17)8-16-5-3-15-13(20)11(16)6-12(18)19/h7,9,11H,2-6,8H2,1H3,(H,15,20)(H,18,19).